The van der Waals surface area contributed by atoms with Gasteiger partial charge in [-0.15, -0.1) is 0 Å². The lowest BCUT2D eigenvalue weighted by Crippen LogP contribution is -2.24. The first-order valence-electron chi connectivity index (χ1n) is 5.02. The third kappa shape index (κ3) is 2.31. The van der Waals surface area contributed by atoms with Crippen molar-refractivity contribution in [3.8, 4) is 5.75 Å². The van der Waals surface area contributed by atoms with Gasteiger partial charge >= 0.3 is 0 Å². The Hall–Kier alpha value is -2.04. The van der Waals surface area contributed by atoms with Crippen molar-refractivity contribution in [1.82, 2.24) is 5.32 Å². The highest BCUT2D eigenvalue weighted by atomic mass is 16.3. The molecule has 0 aromatic heterocycles. The quantitative estimate of drug-likeness (QED) is 0.677. The number of hydrogen-bond acceptors (Lipinski definition) is 3. The second-order valence-electron chi connectivity index (χ2n) is 3.74. The Morgan fingerprint density at radius 2 is 2.31 bits per heavy atom. The first kappa shape index (κ1) is 10.5. The zero-order valence-corrected chi connectivity index (χ0v) is 8.56. The van der Waals surface area contributed by atoms with Crippen molar-refractivity contribution in [2.45, 2.75) is 6.42 Å². The third-order valence-corrected chi connectivity index (χ3v) is 2.46. The predicted octanol–water partition coefficient (Wildman–Crippen LogP) is 0.467. The van der Waals surface area contributed by atoms with Gasteiger partial charge in [-0.3, -0.25) is 9.59 Å². The average Bonchev–Trinajstić information content (AvgIpc) is 2.65. The molecule has 2 rings (SSSR count). The number of hydrogen-bond donors (Lipinski definition) is 3. The number of amides is 2. The maximum Gasteiger partial charge on any atom is 0.229 e. The number of anilines is 1. The average molecular weight is 220 g/mol. The Labute approximate surface area is 92.5 Å². The Kier molecular flexibility index (Phi) is 2.76. The molecule has 5 heteroatoms. The molecule has 1 aromatic carbocycles. The van der Waals surface area contributed by atoms with E-state index in [2.05, 4.69) is 10.6 Å². The van der Waals surface area contributed by atoms with Crippen LogP contribution in [-0.4, -0.2) is 23.5 Å². The van der Waals surface area contributed by atoms with Crippen LogP contribution in [0.25, 0.3) is 0 Å². The van der Waals surface area contributed by atoms with E-state index in [4.69, 9.17) is 0 Å². The molecule has 1 aliphatic rings. The van der Waals surface area contributed by atoms with Gasteiger partial charge in [-0.1, -0.05) is 6.07 Å². The Bertz CT molecular complexity index is 431. The predicted molar refractivity (Wildman–Crippen MR) is 57.9 cm³/mol. The minimum atomic E-state index is -0.324. The number of aromatic hydroxyl groups is 1. The van der Waals surface area contributed by atoms with Crippen LogP contribution in [-0.2, 0) is 9.59 Å². The zero-order chi connectivity index (χ0) is 11.5. The van der Waals surface area contributed by atoms with E-state index in [-0.39, 0.29) is 29.9 Å². The lowest BCUT2D eigenvalue weighted by molar-refractivity contribution is -0.123. The second-order valence-corrected chi connectivity index (χ2v) is 3.74. The van der Waals surface area contributed by atoms with Crippen molar-refractivity contribution < 1.29 is 14.7 Å². The molecule has 1 atom stereocenters. The second kappa shape index (κ2) is 4.22. The highest BCUT2D eigenvalue weighted by Crippen LogP contribution is 2.17. The monoisotopic (exact) mass is 220 g/mol. The number of carbonyl (C=O) groups is 2. The van der Waals surface area contributed by atoms with Crippen molar-refractivity contribution in [3.05, 3.63) is 24.3 Å². The van der Waals surface area contributed by atoms with E-state index in [9.17, 15) is 14.7 Å². The fraction of sp³-hybridized carbons (Fsp3) is 0.273. The molecule has 16 heavy (non-hydrogen) atoms. The Morgan fingerprint density at radius 1 is 1.50 bits per heavy atom. The summed E-state index contributed by atoms with van der Waals surface area (Å²) in [7, 11) is 0. The van der Waals surface area contributed by atoms with Crippen LogP contribution in [0.3, 0.4) is 0 Å². The van der Waals surface area contributed by atoms with Gasteiger partial charge in [0.1, 0.15) is 5.75 Å². The number of phenolic OH excluding ortho intramolecular Hbond substituents is 1. The van der Waals surface area contributed by atoms with Gasteiger partial charge in [0.25, 0.3) is 0 Å². The fourth-order valence-electron chi connectivity index (χ4n) is 1.62. The van der Waals surface area contributed by atoms with Gasteiger partial charge < -0.3 is 15.7 Å². The van der Waals surface area contributed by atoms with Crippen LogP contribution in [0.2, 0.25) is 0 Å². The molecule has 5 nitrogen and oxygen atoms in total. The first-order valence-corrected chi connectivity index (χ1v) is 5.02. The molecular formula is C11H12N2O3. The molecule has 2 amide bonds. The highest BCUT2D eigenvalue weighted by molar-refractivity contribution is 5.97. The van der Waals surface area contributed by atoms with E-state index < -0.39 is 0 Å². The van der Waals surface area contributed by atoms with E-state index >= 15 is 0 Å². The molecule has 3 N–H and O–H groups in total. The number of nitrogens with one attached hydrogen (secondary N) is 2. The third-order valence-electron chi connectivity index (χ3n) is 2.46. The minimum Gasteiger partial charge on any atom is -0.508 e. The molecule has 0 spiro atoms. The maximum atomic E-state index is 11.7. The largest absolute Gasteiger partial charge is 0.508 e. The summed E-state index contributed by atoms with van der Waals surface area (Å²) >= 11 is 0. The summed E-state index contributed by atoms with van der Waals surface area (Å²) in [6.45, 7) is 0.378. The fourth-order valence-corrected chi connectivity index (χ4v) is 1.62. The van der Waals surface area contributed by atoms with Gasteiger partial charge in [0.05, 0.1) is 5.92 Å². The topological polar surface area (TPSA) is 78.4 Å². The van der Waals surface area contributed by atoms with Gasteiger partial charge in [0.2, 0.25) is 11.8 Å². The van der Waals surface area contributed by atoms with Crippen LogP contribution in [0.15, 0.2) is 24.3 Å². The lowest BCUT2D eigenvalue weighted by Gasteiger charge is -2.09. The zero-order valence-electron chi connectivity index (χ0n) is 8.56. The Balaban J connectivity index is 1.99. The van der Waals surface area contributed by atoms with Crippen LogP contribution in [0.5, 0.6) is 5.75 Å². The summed E-state index contributed by atoms with van der Waals surface area (Å²) in [5, 5.41) is 14.5. The SMILES string of the molecule is O=C1CC(C(=O)Nc2cccc(O)c2)CN1. The van der Waals surface area contributed by atoms with Crippen molar-refractivity contribution in [2.75, 3.05) is 11.9 Å². The molecule has 1 fully saturated rings. The highest BCUT2D eigenvalue weighted by Gasteiger charge is 2.27. The normalized spacial score (nSPS) is 19.2. The lowest BCUT2D eigenvalue weighted by atomic mass is 10.1. The summed E-state index contributed by atoms with van der Waals surface area (Å²) in [5.41, 5.74) is 0.532. The maximum absolute atomic E-state index is 11.7. The van der Waals surface area contributed by atoms with E-state index in [0.29, 0.717) is 12.2 Å². The van der Waals surface area contributed by atoms with Crippen molar-refractivity contribution in [3.63, 3.8) is 0 Å². The summed E-state index contributed by atoms with van der Waals surface area (Å²) in [6.07, 6.45) is 0.227. The molecule has 1 aromatic rings. The Morgan fingerprint density at radius 3 is 2.94 bits per heavy atom. The van der Waals surface area contributed by atoms with E-state index in [1.54, 1.807) is 12.1 Å². The standard InChI is InChI=1S/C11H12N2O3/c14-9-3-1-2-8(5-9)13-11(16)7-4-10(15)12-6-7/h1-3,5,7,14H,4,6H2,(H,12,15)(H,13,16). The van der Waals surface area contributed by atoms with E-state index in [1.165, 1.54) is 12.1 Å². The summed E-state index contributed by atoms with van der Waals surface area (Å²) in [4.78, 5) is 22.6. The van der Waals surface area contributed by atoms with Crippen molar-refractivity contribution >= 4 is 17.5 Å². The number of benzene rings is 1. The van der Waals surface area contributed by atoms with Crippen molar-refractivity contribution in [1.29, 1.82) is 0 Å². The molecule has 0 saturated carbocycles. The van der Waals surface area contributed by atoms with Crippen LogP contribution >= 0.6 is 0 Å². The molecule has 1 heterocycles. The summed E-state index contributed by atoms with van der Waals surface area (Å²) in [5.74, 6) is -0.534. The summed E-state index contributed by atoms with van der Waals surface area (Å²) < 4.78 is 0. The molecule has 0 radical (unpaired) electrons. The molecular weight excluding hydrogens is 208 g/mol. The van der Waals surface area contributed by atoms with Crippen LogP contribution in [0.4, 0.5) is 5.69 Å². The molecule has 0 aliphatic carbocycles. The van der Waals surface area contributed by atoms with Crippen LogP contribution < -0.4 is 10.6 Å². The van der Waals surface area contributed by atoms with Crippen LogP contribution in [0.1, 0.15) is 6.42 Å². The molecule has 84 valence electrons. The van der Waals surface area contributed by atoms with Gasteiger partial charge in [-0.05, 0) is 12.1 Å². The number of phenols is 1. The van der Waals surface area contributed by atoms with E-state index in [1.807, 2.05) is 0 Å². The summed E-state index contributed by atoms with van der Waals surface area (Å²) in [6, 6.07) is 6.31. The molecule has 0 bridgehead atoms. The van der Waals surface area contributed by atoms with Gasteiger partial charge in [0, 0.05) is 24.7 Å². The van der Waals surface area contributed by atoms with Crippen molar-refractivity contribution in [2.24, 2.45) is 5.92 Å². The van der Waals surface area contributed by atoms with Gasteiger partial charge in [-0.25, -0.2) is 0 Å². The van der Waals surface area contributed by atoms with Gasteiger partial charge in [-0.2, -0.15) is 0 Å². The van der Waals surface area contributed by atoms with Gasteiger partial charge in [0.15, 0.2) is 0 Å². The minimum absolute atomic E-state index is 0.0958. The first-order chi connectivity index (χ1) is 7.65. The van der Waals surface area contributed by atoms with Crippen LogP contribution in [0, 0.1) is 5.92 Å². The molecule has 1 unspecified atom stereocenters. The number of carbonyl (C=O) groups excluding carboxylic acids is 2. The molecule has 1 aliphatic heterocycles. The number of rotatable bonds is 2. The smallest absolute Gasteiger partial charge is 0.229 e. The van der Waals surface area contributed by atoms with E-state index in [0.717, 1.165) is 0 Å². The molecule has 1 saturated heterocycles.